The van der Waals surface area contributed by atoms with E-state index in [0.717, 1.165) is 17.7 Å². The number of hydrogen-bond donors (Lipinski definition) is 2. The molecular formula is C24H24N2O2S. The van der Waals surface area contributed by atoms with Gasteiger partial charge in [0.2, 0.25) is 0 Å². The molecule has 0 fully saturated rings. The van der Waals surface area contributed by atoms with Gasteiger partial charge in [0.1, 0.15) is 5.70 Å². The Labute approximate surface area is 175 Å². The molecule has 0 spiro atoms. The van der Waals surface area contributed by atoms with Gasteiger partial charge in [0.25, 0.3) is 11.8 Å². The average Bonchev–Trinajstić information content (AvgIpc) is 3.24. The number of rotatable bonds is 8. The number of carbonyl (C=O) groups is 2. The fraction of sp³-hybridized carbons (Fsp3) is 0.167. The summed E-state index contributed by atoms with van der Waals surface area (Å²) in [5.74, 6) is -0.588. The van der Waals surface area contributed by atoms with Gasteiger partial charge in [0.05, 0.1) is 0 Å². The Morgan fingerprint density at radius 3 is 2.55 bits per heavy atom. The lowest BCUT2D eigenvalue weighted by molar-refractivity contribution is -0.117. The predicted molar refractivity (Wildman–Crippen MR) is 119 cm³/mol. The smallest absolute Gasteiger partial charge is 0.267 e. The maximum Gasteiger partial charge on any atom is 0.267 e. The number of nitrogens with one attached hydrogen (secondary N) is 2. The van der Waals surface area contributed by atoms with E-state index in [-0.39, 0.29) is 17.5 Å². The highest BCUT2D eigenvalue weighted by molar-refractivity contribution is 7.10. The zero-order valence-corrected chi connectivity index (χ0v) is 17.2. The lowest BCUT2D eigenvalue weighted by Gasteiger charge is -2.11. The van der Waals surface area contributed by atoms with Crippen molar-refractivity contribution in [1.29, 1.82) is 0 Å². The van der Waals surface area contributed by atoms with Gasteiger partial charge < -0.3 is 10.6 Å². The van der Waals surface area contributed by atoms with E-state index in [1.54, 1.807) is 30.3 Å². The predicted octanol–water partition coefficient (Wildman–Crippen LogP) is 4.58. The van der Waals surface area contributed by atoms with Gasteiger partial charge >= 0.3 is 0 Å². The number of hydrogen-bond acceptors (Lipinski definition) is 3. The second-order valence-corrected chi connectivity index (χ2v) is 7.72. The first-order valence-corrected chi connectivity index (χ1v) is 10.4. The lowest BCUT2D eigenvalue weighted by atomic mass is 10.1. The van der Waals surface area contributed by atoms with Crippen molar-refractivity contribution in [2.24, 2.45) is 0 Å². The summed E-state index contributed by atoms with van der Waals surface area (Å²) in [6.07, 6.45) is 3.43. The molecule has 3 rings (SSSR count). The second-order valence-electron chi connectivity index (χ2n) is 6.74. The summed E-state index contributed by atoms with van der Waals surface area (Å²) in [6.45, 7) is 2.61. The van der Waals surface area contributed by atoms with Gasteiger partial charge in [0, 0.05) is 17.0 Å². The van der Waals surface area contributed by atoms with Crippen molar-refractivity contribution >= 4 is 29.2 Å². The van der Waals surface area contributed by atoms with Gasteiger partial charge in [-0.15, -0.1) is 11.3 Å². The van der Waals surface area contributed by atoms with Crippen LogP contribution >= 0.6 is 11.3 Å². The molecule has 2 N–H and O–H groups in total. The van der Waals surface area contributed by atoms with Crippen molar-refractivity contribution in [3.8, 4) is 0 Å². The molecule has 2 aromatic carbocycles. The zero-order valence-electron chi connectivity index (χ0n) is 16.4. The number of amides is 2. The van der Waals surface area contributed by atoms with Gasteiger partial charge in [-0.25, -0.2) is 0 Å². The molecule has 3 aromatic rings. The minimum absolute atomic E-state index is 0.247. The second kappa shape index (κ2) is 10.4. The molecule has 5 heteroatoms. The van der Waals surface area contributed by atoms with Crippen molar-refractivity contribution < 1.29 is 9.59 Å². The van der Waals surface area contributed by atoms with Gasteiger partial charge in [-0.05, 0) is 55.0 Å². The van der Waals surface area contributed by atoms with Crippen LogP contribution in [0.5, 0.6) is 0 Å². The third-order valence-corrected chi connectivity index (χ3v) is 5.19. The Hall–Kier alpha value is -3.18. The molecule has 4 nitrogen and oxygen atoms in total. The molecule has 0 unspecified atom stereocenters. The minimum atomic E-state index is -0.302. The van der Waals surface area contributed by atoms with Crippen molar-refractivity contribution in [3.05, 3.63) is 99.4 Å². The summed E-state index contributed by atoms with van der Waals surface area (Å²) >= 11 is 1.51. The van der Waals surface area contributed by atoms with Gasteiger partial charge in [-0.2, -0.15) is 0 Å². The maximum atomic E-state index is 12.7. The van der Waals surface area contributed by atoms with Crippen LogP contribution in [0, 0.1) is 6.92 Å². The molecule has 148 valence electrons. The Morgan fingerprint density at radius 1 is 1.00 bits per heavy atom. The molecule has 0 radical (unpaired) electrons. The van der Waals surface area contributed by atoms with Crippen LogP contribution in [-0.2, 0) is 11.2 Å². The molecule has 0 saturated heterocycles. The molecule has 0 aliphatic rings. The highest BCUT2D eigenvalue weighted by atomic mass is 32.1. The van der Waals surface area contributed by atoms with Gasteiger partial charge in [-0.1, -0.05) is 54.1 Å². The molecule has 1 heterocycles. The fourth-order valence-corrected chi connectivity index (χ4v) is 3.57. The fourth-order valence-electron chi connectivity index (χ4n) is 2.92. The monoisotopic (exact) mass is 404 g/mol. The van der Waals surface area contributed by atoms with E-state index in [2.05, 4.69) is 35.8 Å². The topological polar surface area (TPSA) is 58.2 Å². The first kappa shape index (κ1) is 20.6. The Bertz CT molecular complexity index is 979. The molecule has 0 aliphatic carbocycles. The maximum absolute atomic E-state index is 12.7. The summed E-state index contributed by atoms with van der Waals surface area (Å²) in [4.78, 5) is 26.1. The summed E-state index contributed by atoms with van der Waals surface area (Å²) in [6, 6.07) is 21.1. The van der Waals surface area contributed by atoms with Crippen LogP contribution in [0.2, 0.25) is 0 Å². The molecule has 0 bridgehead atoms. The third kappa shape index (κ3) is 6.43. The SMILES string of the molecule is Cc1cccc(CCCNC(=O)/C(=C/c2cccs2)NC(=O)c2ccccc2)c1. The molecular weight excluding hydrogens is 380 g/mol. The minimum Gasteiger partial charge on any atom is -0.351 e. The van der Waals surface area contributed by atoms with E-state index in [1.807, 2.05) is 29.6 Å². The quantitative estimate of drug-likeness (QED) is 0.427. The van der Waals surface area contributed by atoms with Crippen LogP contribution in [-0.4, -0.2) is 18.4 Å². The summed E-state index contributed by atoms with van der Waals surface area (Å²) in [5.41, 5.74) is 3.25. The standard InChI is InChI=1S/C24H24N2O2S/c1-18-8-5-9-19(16-18)10-6-14-25-24(28)22(17-21-13-7-15-29-21)26-23(27)20-11-3-2-4-12-20/h2-5,7-9,11-13,15-17H,6,10,14H2,1H3,(H,25,28)(H,26,27)/b22-17-. The van der Waals surface area contributed by atoms with Gasteiger partial charge in [0.15, 0.2) is 0 Å². The zero-order chi connectivity index (χ0) is 20.5. The highest BCUT2D eigenvalue weighted by Crippen LogP contribution is 2.13. The van der Waals surface area contributed by atoms with Crippen LogP contribution < -0.4 is 10.6 Å². The number of carbonyl (C=O) groups excluding carboxylic acids is 2. The molecule has 29 heavy (non-hydrogen) atoms. The van der Waals surface area contributed by atoms with Crippen molar-refractivity contribution in [3.63, 3.8) is 0 Å². The Kier molecular flexibility index (Phi) is 7.36. The van der Waals surface area contributed by atoms with E-state index in [9.17, 15) is 9.59 Å². The molecule has 2 amide bonds. The van der Waals surface area contributed by atoms with E-state index in [0.29, 0.717) is 12.1 Å². The number of benzene rings is 2. The number of thiophene rings is 1. The molecule has 0 saturated carbocycles. The normalized spacial score (nSPS) is 11.1. The lowest BCUT2D eigenvalue weighted by Crippen LogP contribution is -2.35. The molecule has 0 atom stereocenters. The van der Waals surface area contributed by atoms with Crippen LogP contribution in [0.25, 0.3) is 6.08 Å². The van der Waals surface area contributed by atoms with Gasteiger partial charge in [-0.3, -0.25) is 9.59 Å². The van der Waals surface area contributed by atoms with Crippen LogP contribution in [0.3, 0.4) is 0 Å². The Morgan fingerprint density at radius 2 is 1.83 bits per heavy atom. The highest BCUT2D eigenvalue weighted by Gasteiger charge is 2.14. The Balaban J connectivity index is 1.61. The summed E-state index contributed by atoms with van der Waals surface area (Å²) in [5, 5.41) is 7.61. The molecule has 1 aromatic heterocycles. The largest absolute Gasteiger partial charge is 0.351 e. The van der Waals surface area contributed by atoms with E-state index < -0.39 is 0 Å². The first-order chi connectivity index (χ1) is 14.1. The van der Waals surface area contributed by atoms with Crippen molar-refractivity contribution in [2.45, 2.75) is 19.8 Å². The van der Waals surface area contributed by atoms with E-state index in [1.165, 1.54) is 22.5 Å². The summed E-state index contributed by atoms with van der Waals surface area (Å²) < 4.78 is 0. The average molecular weight is 405 g/mol. The molecule has 0 aliphatic heterocycles. The van der Waals surface area contributed by atoms with Crippen LogP contribution in [0.4, 0.5) is 0 Å². The van der Waals surface area contributed by atoms with Crippen LogP contribution in [0.15, 0.2) is 77.8 Å². The van der Waals surface area contributed by atoms with Crippen molar-refractivity contribution in [1.82, 2.24) is 10.6 Å². The van der Waals surface area contributed by atoms with E-state index in [4.69, 9.17) is 0 Å². The van der Waals surface area contributed by atoms with Crippen LogP contribution in [0.1, 0.15) is 32.8 Å². The van der Waals surface area contributed by atoms with E-state index >= 15 is 0 Å². The number of aryl methyl sites for hydroxylation is 2. The van der Waals surface area contributed by atoms with Crippen molar-refractivity contribution in [2.75, 3.05) is 6.54 Å². The first-order valence-electron chi connectivity index (χ1n) is 9.57. The third-order valence-electron chi connectivity index (χ3n) is 4.37. The summed E-state index contributed by atoms with van der Waals surface area (Å²) in [7, 11) is 0.